The number of anilines is 1. The van der Waals surface area contributed by atoms with E-state index in [1.165, 1.54) is 22.4 Å². The Morgan fingerprint density at radius 3 is 2.94 bits per heavy atom. The highest BCUT2D eigenvalue weighted by Gasteiger charge is 2.10. The van der Waals surface area contributed by atoms with Gasteiger partial charge in [0.2, 0.25) is 0 Å². The lowest BCUT2D eigenvalue weighted by atomic mass is 10.1. The quantitative estimate of drug-likeness (QED) is 0.884. The van der Waals surface area contributed by atoms with Gasteiger partial charge in [-0.25, -0.2) is 0 Å². The lowest BCUT2D eigenvalue weighted by molar-refractivity contribution is 0.304. The molecular formula is C16H17NO. The summed E-state index contributed by atoms with van der Waals surface area (Å²) >= 11 is 0. The lowest BCUT2D eigenvalue weighted by Gasteiger charge is -2.09. The highest BCUT2D eigenvalue weighted by atomic mass is 16.5. The van der Waals surface area contributed by atoms with Crippen LogP contribution in [0.3, 0.4) is 0 Å². The minimum atomic E-state index is 0.637. The zero-order chi connectivity index (χ0) is 12.4. The first kappa shape index (κ1) is 11.1. The van der Waals surface area contributed by atoms with Crippen LogP contribution < -0.4 is 10.1 Å². The van der Waals surface area contributed by atoms with Gasteiger partial charge in [0, 0.05) is 12.2 Å². The maximum Gasteiger partial charge on any atom is 0.122 e. The van der Waals surface area contributed by atoms with Crippen LogP contribution in [0.4, 0.5) is 5.69 Å². The number of hydrogen-bond acceptors (Lipinski definition) is 2. The van der Waals surface area contributed by atoms with Gasteiger partial charge in [0.25, 0.3) is 0 Å². The van der Waals surface area contributed by atoms with E-state index in [1.54, 1.807) is 0 Å². The molecule has 0 radical (unpaired) electrons. The summed E-state index contributed by atoms with van der Waals surface area (Å²) < 4.78 is 5.86. The van der Waals surface area contributed by atoms with Gasteiger partial charge in [0.15, 0.2) is 0 Å². The van der Waals surface area contributed by atoms with Gasteiger partial charge < -0.3 is 10.1 Å². The van der Waals surface area contributed by atoms with Crippen molar-refractivity contribution in [2.75, 3.05) is 11.9 Å². The summed E-state index contributed by atoms with van der Waals surface area (Å²) in [4.78, 5) is 0. The summed E-state index contributed by atoms with van der Waals surface area (Å²) in [6.07, 6.45) is 1.12. The lowest BCUT2D eigenvalue weighted by Crippen LogP contribution is -1.97. The van der Waals surface area contributed by atoms with Crippen LogP contribution in [0, 0.1) is 6.92 Å². The Kier molecular flexibility index (Phi) is 2.93. The van der Waals surface area contributed by atoms with Crippen LogP contribution >= 0.6 is 0 Å². The summed E-state index contributed by atoms with van der Waals surface area (Å²) in [5.74, 6) is 0.969. The molecule has 2 heteroatoms. The van der Waals surface area contributed by atoms with Gasteiger partial charge >= 0.3 is 0 Å². The molecule has 1 heterocycles. The van der Waals surface area contributed by atoms with Crippen LogP contribution in [0.15, 0.2) is 42.5 Å². The SMILES string of the molecule is Cc1ccccc1OCc1ccc2c(c1)CCN2. The summed E-state index contributed by atoms with van der Waals surface area (Å²) in [7, 11) is 0. The van der Waals surface area contributed by atoms with E-state index >= 15 is 0 Å². The third-order valence-electron chi connectivity index (χ3n) is 3.37. The Hall–Kier alpha value is -1.96. The van der Waals surface area contributed by atoms with E-state index in [2.05, 4.69) is 36.5 Å². The van der Waals surface area contributed by atoms with Crippen molar-refractivity contribution in [1.82, 2.24) is 0 Å². The molecule has 0 unspecified atom stereocenters. The second kappa shape index (κ2) is 4.73. The first-order valence-electron chi connectivity index (χ1n) is 6.37. The molecule has 0 bridgehead atoms. The van der Waals surface area contributed by atoms with Crippen molar-refractivity contribution in [1.29, 1.82) is 0 Å². The molecule has 0 atom stereocenters. The van der Waals surface area contributed by atoms with Crippen molar-refractivity contribution in [2.24, 2.45) is 0 Å². The van der Waals surface area contributed by atoms with Gasteiger partial charge in [-0.3, -0.25) is 0 Å². The first-order valence-corrected chi connectivity index (χ1v) is 6.37. The third kappa shape index (κ3) is 2.19. The molecule has 0 amide bonds. The fourth-order valence-electron chi connectivity index (χ4n) is 2.33. The average molecular weight is 239 g/mol. The number of benzene rings is 2. The van der Waals surface area contributed by atoms with E-state index in [-0.39, 0.29) is 0 Å². The third-order valence-corrected chi connectivity index (χ3v) is 3.37. The molecule has 2 nitrogen and oxygen atoms in total. The summed E-state index contributed by atoms with van der Waals surface area (Å²) in [5.41, 5.74) is 5.09. The van der Waals surface area contributed by atoms with E-state index in [1.807, 2.05) is 18.2 Å². The summed E-state index contributed by atoms with van der Waals surface area (Å²) in [6, 6.07) is 14.7. The normalized spacial score (nSPS) is 12.9. The molecule has 1 N–H and O–H groups in total. The Balaban J connectivity index is 1.72. The molecule has 92 valence electrons. The maximum atomic E-state index is 5.86. The Bertz CT molecular complexity index is 563. The van der Waals surface area contributed by atoms with Crippen LogP contribution in [0.5, 0.6) is 5.75 Å². The van der Waals surface area contributed by atoms with Crippen molar-refractivity contribution in [3.63, 3.8) is 0 Å². The Labute approximate surface area is 108 Å². The van der Waals surface area contributed by atoms with Crippen LogP contribution in [0.1, 0.15) is 16.7 Å². The minimum absolute atomic E-state index is 0.637. The highest BCUT2D eigenvalue weighted by molar-refractivity contribution is 5.56. The highest BCUT2D eigenvalue weighted by Crippen LogP contribution is 2.24. The topological polar surface area (TPSA) is 21.3 Å². The van der Waals surface area contributed by atoms with Gasteiger partial charge in [0.05, 0.1) is 0 Å². The number of nitrogens with one attached hydrogen (secondary N) is 1. The molecular weight excluding hydrogens is 222 g/mol. The first-order chi connectivity index (χ1) is 8.83. The van der Waals surface area contributed by atoms with Crippen LogP contribution in [-0.4, -0.2) is 6.54 Å². The molecule has 0 fully saturated rings. The van der Waals surface area contributed by atoms with E-state index in [0.717, 1.165) is 18.7 Å². The molecule has 0 aliphatic carbocycles. The maximum absolute atomic E-state index is 5.86. The van der Waals surface area contributed by atoms with E-state index in [0.29, 0.717) is 6.61 Å². The molecule has 18 heavy (non-hydrogen) atoms. The predicted molar refractivity (Wildman–Crippen MR) is 74.1 cm³/mol. The minimum Gasteiger partial charge on any atom is -0.489 e. The molecule has 1 aliphatic heterocycles. The number of fused-ring (bicyclic) bond motifs is 1. The summed E-state index contributed by atoms with van der Waals surface area (Å²) in [5, 5.41) is 3.37. The fourth-order valence-corrected chi connectivity index (χ4v) is 2.33. The molecule has 2 aromatic rings. The monoisotopic (exact) mass is 239 g/mol. The predicted octanol–water partition coefficient (Wildman–Crippen LogP) is 3.54. The van der Waals surface area contributed by atoms with E-state index in [4.69, 9.17) is 4.74 Å². The second-order valence-electron chi connectivity index (χ2n) is 4.72. The molecule has 0 aromatic heterocycles. The molecule has 0 saturated carbocycles. The van der Waals surface area contributed by atoms with Gasteiger partial charge in [-0.05, 0) is 42.2 Å². The van der Waals surface area contributed by atoms with E-state index < -0.39 is 0 Å². The Morgan fingerprint density at radius 2 is 2.06 bits per heavy atom. The molecule has 1 aliphatic rings. The molecule has 2 aromatic carbocycles. The van der Waals surface area contributed by atoms with Crippen molar-refractivity contribution >= 4 is 5.69 Å². The summed E-state index contributed by atoms with van der Waals surface area (Å²) in [6.45, 7) is 3.76. The van der Waals surface area contributed by atoms with E-state index in [9.17, 15) is 0 Å². The fraction of sp³-hybridized carbons (Fsp3) is 0.250. The standard InChI is InChI=1S/C16H17NO/c1-12-4-2-3-5-16(12)18-11-13-6-7-15-14(10-13)8-9-17-15/h2-7,10,17H,8-9,11H2,1H3. The molecule has 0 saturated heterocycles. The number of hydrogen-bond donors (Lipinski definition) is 1. The Morgan fingerprint density at radius 1 is 1.17 bits per heavy atom. The number of ether oxygens (including phenoxy) is 1. The van der Waals surface area contributed by atoms with Crippen molar-refractivity contribution < 1.29 is 4.74 Å². The van der Waals surface area contributed by atoms with Crippen LogP contribution in [0.2, 0.25) is 0 Å². The van der Waals surface area contributed by atoms with Crippen molar-refractivity contribution in [3.8, 4) is 5.75 Å². The van der Waals surface area contributed by atoms with Crippen molar-refractivity contribution in [2.45, 2.75) is 20.0 Å². The zero-order valence-electron chi connectivity index (χ0n) is 10.6. The molecule has 0 spiro atoms. The average Bonchev–Trinajstić information content (AvgIpc) is 2.85. The van der Waals surface area contributed by atoms with Crippen LogP contribution in [-0.2, 0) is 13.0 Å². The van der Waals surface area contributed by atoms with Gasteiger partial charge in [-0.2, -0.15) is 0 Å². The number of para-hydroxylation sites is 1. The van der Waals surface area contributed by atoms with Gasteiger partial charge in [0.1, 0.15) is 12.4 Å². The second-order valence-corrected chi connectivity index (χ2v) is 4.72. The zero-order valence-corrected chi connectivity index (χ0v) is 10.6. The number of rotatable bonds is 3. The van der Waals surface area contributed by atoms with Crippen molar-refractivity contribution in [3.05, 3.63) is 59.2 Å². The number of aryl methyl sites for hydroxylation is 1. The molecule has 3 rings (SSSR count). The smallest absolute Gasteiger partial charge is 0.122 e. The van der Waals surface area contributed by atoms with Gasteiger partial charge in [-0.15, -0.1) is 0 Å². The van der Waals surface area contributed by atoms with Crippen LogP contribution in [0.25, 0.3) is 0 Å². The largest absolute Gasteiger partial charge is 0.489 e. The van der Waals surface area contributed by atoms with Gasteiger partial charge in [-0.1, -0.05) is 30.3 Å².